The van der Waals surface area contributed by atoms with Crippen LogP contribution in [0.4, 0.5) is 0 Å². The first-order valence-corrected chi connectivity index (χ1v) is 4.88. The van der Waals surface area contributed by atoms with E-state index >= 15 is 0 Å². The molecule has 64 valence electrons. The van der Waals surface area contributed by atoms with Crippen molar-refractivity contribution in [2.24, 2.45) is 5.41 Å². The van der Waals surface area contributed by atoms with Gasteiger partial charge in [0.2, 0.25) is 0 Å². The largest absolute Gasteiger partial charge is 0.0917 e. The lowest BCUT2D eigenvalue weighted by atomic mass is 9.84. The molecule has 11 heavy (non-hydrogen) atoms. The van der Waals surface area contributed by atoms with Gasteiger partial charge in [0.05, 0.1) is 0 Å². The molecule has 1 fully saturated rings. The normalized spacial score (nSPS) is 23.1. The number of rotatable bonds is 3. The Balaban J connectivity index is 2.23. The molecule has 1 aliphatic rings. The van der Waals surface area contributed by atoms with E-state index in [4.69, 9.17) is 0 Å². The van der Waals surface area contributed by atoms with Crippen LogP contribution in [0.3, 0.4) is 0 Å². The summed E-state index contributed by atoms with van der Waals surface area (Å²) in [5.74, 6) is 0. The van der Waals surface area contributed by atoms with Crippen molar-refractivity contribution in [3.05, 3.63) is 12.2 Å². The highest BCUT2D eigenvalue weighted by molar-refractivity contribution is 4.85. The van der Waals surface area contributed by atoms with Crippen LogP contribution in [-0.2, 0) is 0 Å². The molecule has 0 nitrogen and oxygen atoms in total. The van der Waals surface area contributed by atoms with Gasteiger partial charge in [0.15, 0.2) is 0 Å². The van der Waals surface area contributed by atoms with Gasteiger partial charge in [0, 0.05) is 0 Å². The quantitative estimate of drug-likeness (QED) is 0.538. The second-order valence-corrected chi connectivity index (χ2v) is 4.13. The van der Waals surface area contributed by atoms with Crippen molar-refractivity contribution in [2.75, 3.05) is 0 Å². The lowest BCUT2D eigenvalue weighted by Gasteiger charge is -2.22. The van der Waals surface area contributed by atoms with Crippen LogP contribution in [0, 0.1) is 5.41 Å². The van der Waals surface area contributed by atoms with Gasteiger partial charge in [-0.1, -0.05) is 31.9 Å². The average molecular weight is 152 g/mol. The van der Waals surface area contributed by atoms with Crippen molar-refractivity contribution in [3.8, 4) is 0 Å². The molecule has 0 spiro atoms. The second kappa shape index (κ2) is 3.94. The van der Waals surface area contributed by atoms with Crippen LogP contribution in [-0.4, -0.2) is 0 Å². The maximum atomic E-state index is 2.45. The molecule has 0 amide bonds. The highest BCUT2D eigenvalue weighted by Crippen LogP contribution is 2.41. The molecule has 0 saturated heterocycles. The lowest BCUT2D eigenvalue weighted by Crippen LogP contribution is -2.09. The number of allylic oxidation sites excluding steroid dienone is 2. The molecule has 0 aromatic heterocycles. The molecular weight excluding hydrogens is 132 g/mol. The van der Waals surface area contributed by atoms with Gasteiger partial charge in [-0.05, 0) is 38.0 Å². The average Bonchev–Trinajstić information content (AvgIpc) is 2.38. The van der Waals surface area contributed by atoms with E-state index < -0.39 is 0 Å². The van der Waals surface area contributed by atoms with Crippen molar-refractivity contribution in [3.63, 3.8) is 0 Å². The summed E-state index contributed by atoms with van der Waals surface area (Å²) >= 11 is 0. The monoisotopic (exact) mass is 152 g/mol. The number of hydrogen-bond acceptors (Lipinski definition) is 0. The number of hydrogen-bond donors (Lipinski definition) is 0. The van der Waals surface area contributed by atoms with E-state index in [0.717, 1.165) is 0 Å². The highest BCUT2D eigenvalue weighted by Gasteiger charge is 2.27. The maximum Gasteiger partial charge on any atom is -0.0323 e. The molecular formula is C11H20. The van der Waals surface area contributed by atoms with Gasteiger partial charge in [0.1, 0.15) is 0 Å². The van der Waals surface area contributed by atoms with Gasteiger partial charge < -0.3 is 0 Å². The second-order valence-electron chi connectivity index (χ2n) is 4.13. The zero-order valence-corrected chi connectivity index (χ0v) is 7.90. The van der Waals surface area contributed by atoms with Crippen molar-refractivity contribution in [2.45, 2.75) is 52.4 Å². The molecule has 0 aromatic rings. The molecule has 0 aliphatic heterocycles. The lowest BCUT2D eigenvalue weighted by molar-refractivity contribution is 0.311. The van der Waals surface area contributed by atoms with Crippen molar-refractivity contribution < 1.29 is 0 Å². The maximum absolute atomic E-state index is 2.45. The molecule has 0 unspecified atom stereocenters. The molecule has 0 aromatic carbocycles. The van der Waals surface area contributed by atoms with E-state index in [0.29, 0.717) is 5.41 Å². The fourth-order valence-corrected chi connectivity index (χ4v) is 2.08. The summed E-state index contributed by atoms with van der Waals surface area (Å²) in [5, 5.41) is 0. The summed E-state index contributed by atoms with van der Waals surface area (Å²) in [6.07, 6.45) is 13.0. The minimum Gasteiger partial charge on any atom is -0.0917 e. The molecule has 1 aliphatic carbocycles. The molecule has 1 rings (SSSR count). The smallest absolute Gasteiger partial charge is 0.0323 e. The predicted octanol–water partition coefficient (Wildman–Crippen LogP) is 3.92. The van der Waals surface area contributed by atoms with Gasteiger partial charge in [-0.15, -0.1) is 0 Å². The Labute approximate surface area is 70.7 Å². The Bertz CT molecular complexity index is 127. The van der Waals surface area contributed by atoms with Crippen LogP contribution in [0.25, 0.3) is 0 Å². The summed E-state index contributed by atoms with van der Waals surface area (Å²) in [5.41, 5.74) is 0.694. The zero-order valence-electron chi connectivity index (χ0n) is 7.90. The van der Waals surface area contributed by atoms with Crippen molar-refractivity contribution in [1.29, 1.82) is 0 Å². The minimum atomic E-state index is 0.694. The highest BCUT2D eigenvalue weighted by atomic mass is 14.3. The third-order valence-corrected chi connectivity index (χ3v) is 2.96. The van der Waals surface area contributed by atoms with Crippen LogP contribution >= 0.6 is 0 Å². The van der Waals surface area contributed by atoms with E-state index in [2.05, 4.69) is 26.0 Å². The summed E-state index contributed by atoms with van der Waals surface area (Å²) in [4.78, 5) is 0. The Morgan fingerprint density at radius 3 is 2.45 bits per heavy atom. The third kappa shape index (κ3) is 2.69. The van der Waals surface area contributed by atoms with Crippen molar-refractivity contribution >= 4 is 0 Å². The van der Waals surface area contributed by atoms with Crippen LogP contribution in [0.5, 0.6) is 0 Å². The summed E-state index contributed by atoms with van der Waals surface area (Å²) in [7, 11) is 0. The summed E-state index contributed by atoms with van der Waals surface area (Å²) in [6, 6.07) is 0. The zero-order chi connectivity index (χ0) is 8.16. The Hall–Kier alpha value is -0.260. The van der Waals surface area contributed by atoms with Gasteiger partial charge >= 0.3 is 0 Å². The molecule has 0 atom stereocenters. The Morgan fingerprint density at radius 2 is 1.91 bits per heavy atom. The summed E-state index contributed by atoms with van der Waals surface area (Å²) in [6.45, 7) is 4.56. The van der Waals surface area contributed by atoms with E-state index in [1.165, 1.54) is 38.5 Å². The Morgan fingerprint density at radius 1 is 1.27 bits per heavy atom. The van der Waals surface area contributed by atoms with E-state index in [1.807, 2.05) is 0 Å². The van der Waals surface area contributed by atoms with Gasteiger partial charge in [-0.2, -0.15) is 0 Å². The third-order valence-electron chi connectivity index (χ3n) is 2.96. The molecule has 0 N–H and O–H groups in total. The molecule has 1 saturated carbocycles. The first-order valence-electron chi connectivity index (χ1n) is 4.88. The van der Waals surface area contributed by atoms with E-state index in [-0.39, 0.29) is 0 Å². The van der Waals surface area contributed by atoms with Crippen LogP contribution in [0.2, 0.25) is 0 Å². The van der Waals surface area contributed by atoms with E-state index in [9.17, 15) is 0 Å². The van der Waals surface area contributed by atoms with Crippen LogP contribution < -0.4 is 0 Å². The standard InChI is InChI=1S/C11H20/c1-3-4-5-8-11(2)9-6-7-10-11/h3-4H,5-10H2,1-2H3/b4-3+. The van der Waals surface area contributed by atoms with Gasteiger partial charge in [0.25, 0.3) is 0 Å². The SMILES string of the molecule is C/C=C/CCC1(C)CCCC1. The van der Waals surface area contributed by atoms with Gasteiger partial charge in [-0.3, -0.25) is 0 Å². The fraction of sp³-hybridized carbons (Fsp3) is 0.818. The molecule has 0 radical (unpaired) electrons. The van der Waals surface area contributed by atoms with Crippen molar-refractivity contribution in [1.82, 2.24) is 0 Å². The van der Waals surface area contributed by atoms with E-state index in [1.54, 1.807) is 0 Å². The summed E-state index contributed by atoms with van der Waals surface area (Å²) < 4.78 is 0. The first-order chi connectivity index (χ1) is 5.27. The predicted molar refractivity (Wildman–Crippen MR) is 50.6 cm³/mol. The molecule has 0 heteroatoms. The van der Waals surface area contributed by atoms with Crippen LogP contribution in [0.1, 0.15) is 52.4 Å². The fourth-order valence-electron chi connectivity index (χ4n) is 2.08. The first kappa shape index (κ1) is 8.83. The minimum absolute atomic E-state index is 0.694. The topological polar surface area (TPSA) is 0 Å². The van der Waals surface area contributed by atoms with Gasteiger partial charge in [-0.25, -0.2) is 0 Å². The molecule has 0 bridgehead atoms. The Kier molecular flexibility index (Phi) is 3.16. The molecule has 0 heterocycles. The van der Waals surface area contributed by atoms with Crippen LogP contribution in [0.15, 0.2) is 12.2 Å².